The van der Waals surface area contributed by atoms with E-state index < -0.39 is 9.84 Å². The van der Waals surface area contributed by atoms with Gasteiger partial charge in [0, 0.05) is 36.5 Å². The number of rotatable bonds is 6. The van der Waals surface area contributed by atoms with E-state index >= 15 is 0 Å². The van der Waals surface area contributed by atoms with E-state index in [1.165, 1.54) is 11.8 Å². The van der Waals surface area contributed by atoms with Crippen LogP contribution in [-0.4, -0.2) is 74.5 Å². The summed E-state index contributed by atoms with van der Waals surface area (Å²) in [6.45, 7) is 7.03. The van der Waals surface area contributed by atoms with Crippen molar-refractivity contribution in [3.05, 3.63) is 23.2 Å². The van der Waals surface area contributed by atoms with Crippen LogP contribution in [0.3, 0.4) is 0 Å². The average Bonchev–Trinajstić information content (AvgIpc) is 2.99. The van der Waals surface area contributed by atoms with Gasteiger partial charge in [-0.15, -0.1) is 11.8 Å². The molecule has 9 heteroatoms. The number of hydrogen-bond donors (Lipinski definition) is 1. The number of halogens is 1. The number of sulfone groups is 1. The van der Waals surface area contributed by atoms with Gasteiger partial charge in [-0.1, -0.05) is 18.5 Å². The van der Waals surface area contributed by atoms with Crippen molar-refractivity contribution in [2.75, 3.05) is 60.2 Å². The highest BCUT2D eigenvalue weighted by molar-refractivity contribution is 8.02. The molecule has 0 aromatic heterocycles. The number of thioether (sulfide) groups is 1. The number of hydrogen-bond acceptors (Lipinski definition) is 6. The van der Waals surface area contributed by atoms with Crippen LogP contribution in [-0.2, 0) is 14.6 Å². The predicted octanol–water partition coefficient (Wildman–Crippen LogP) is 2.34. The van der Waals surface area contributed by atoms with E-state index in [1.807, 2.05) is 12.1 Å². The maximum atomic E-state index is 12.4. The minimum Gasteiger partial charge on any atom is -0.367 e. The first-order valence-electron chi connectivity index (χ1n) is 9.25. The third kappa shape index (κ3) is 5.76. The highest BCUT2D eigenvalue weighted by Gasteiger charge is 2.28. The van der Waals surface area contributed by atoms with Crippen LogP contribution in [0.5, 0.6) is 0 Å². The Morgan fingerprint density at radius 1 is 1.30 bits per heavy atom. The summed E-state index contributed by atoms with van der Waals surface area (Å²) in [6.07, 6.45) is 0.629. The normalized spacial score (nSPS) is 22.7. The largest absolute Gasteiger partial charge is 0.367 e. The monoisotopic (exact) mass is 431 g/mol. The summed E-state index contributed by atoms with van der Waals surface area (Å²) in [5, 5.41) is 3.56. The molecule has 2 saturated heterocycles. The molecule has 0 spiro atoms. The predicted molar refractivity (Wildman–Crippen MR) is 114 cm³/mol. The van der Waals surface area contributed by atoms with Gasteiger partial charge >= 0.3 is 0 Å². The number of carbonyl (C=O) groups excluding carboxylic acids is 1. The average molecular weight is 432 g/mol. The molecule has 1 N–H and O–H groups in total. The third-order valence-corrected chi connectivity index (χ3v) is 8.55. The molecule has 27 heavy (non-hydrogen) atoms. The number of carbonyl (C=O) groups is 1. The minimum absolute atomic E-state index is 0.0155. The first kappa shape index (κ1) is 20.8. The summed E-state index contributed by atoms with van der Waals surface area (Å²) in [6, 6.07) is 5.58. The van der Waals surface area contributed by atoms with Crippen LogP contribution >= 0.6 is 23.4 Å². The topological polar surface area (TPSA) is 69.7 Å². The van der Waals surface area contributed by atoms with Gasteiger partial charge in [0.05, 0.1) is 28.6 Å². The zero-order chi connectivity index (χ0) is 19.4. The van der Waals surface area contributed by atoms with Gasteiger partial charge in [0.1, 0.15) is 0 Å². The maximum Gasteiger partial charge on any atom is 0.234 e. The molecule has 1 atom stereocenters. The summed E-state index contributed by atoms with van der Waals surface area (Å²) < 4.78 is 23.1. The van der Waals surface area contributed by atoms with Gasteiger partial charge in [-0.2, -0.15) is 0 Å². The first-order chi connectivity index (χ1) is 12.9. The molecule has 3 rings (SSSR count). The fraction of sp³-hybridized carbons (Fsp3) is 0.611. The molecular weight excluding hydrogens is 406 g/mol. The molecular formula is C18H26ClN3O3S2. The smallest absolute Gasteiger partial charge is 0.234 e. The lowest BCUT2D eigenvalue weighted by Gasteiger charge is -2.36. The second-order valence-electron chi connectivity index (χ2n) is 6.97. The Hall–Kier alpha value is -0.960. The molecule has 1 aromatic rings. The van der Waals surface area contributed by atoms with Gasteiger partial charge in [-0.3, -0.25) is 4.79 Å². The molecule has 0 bridgehead atoms. The summed E-state index contributed by atoms with van der Waals surface area (Å²) >= 11 is 7.57. The van der Waals surface area contributed by atoms with Crippen LogP contribution in [0.2, 0.25) is 5.02 Å². The zero-order valence-electron chi connectivity index (χ0n) is 15.5. The second kappa shape index (κ2) is 9.03. The molecule has 2 heterocycles. The number of amides is 1. The molecule has 150 valence electrons. The lowest BCUT2D eigenvalue weighted by molar-refractivity contribution is -0.113. The Balaban J connectivity index is 1.60. The van der Waals surface area contributed by atoms with E-state index in [9.17, 15) is 13.2 Å². The van der Waals surface area contributed by atoms with E-state index in [-0.39, 0.29) is 28.4 Å². The summed E-state index contributed by atoms with van der Waals surface area (Å²) in [7, 11) is -2.92. The number of likely N-dealkylation sites (N-methyl/N-ethyl adjacent to an activating group) is 1. The van der Waals surface area contributed by atoms with Gasteiger partial charge in [0.15, 0.2) is 9.84 Å². The Bertz CT molecular complexity index is 780. The molecule has 2 aliphatic heterocycles. The Kier molecular flexibility index (Phi) is 6.94. The van der Waals surface area contributed by atoms with Crippen LogP contribution in [0.1, 0.15) is 13.3 Å². The van der Waals surface area contributed by atoms with Crippen molar-refractivity contribution in [2.45, 2.75) is 18.6 Å². The van der Waals surface area contributed by atoms with Gasteiger partial charge in [-0.25, -0.2) is 8.42 Å². The van der Waals surface area contributed by atoms with E-state index in [2.05, 4.69) is 22.0 Å². The van der Waals surface area contributed by atoms with E-state index in [1.54, 1.807) is 6.07 Å². The van der Waals surface area contributed by atoms with Gasteiger partial charge in [0.25, 0.3) is 0 Å². The molecule has 1 aromatic carbocycles. The van der Waals surface area contributed by atoms with Crippen LogP contribution in [0.15, 0.2) is 18.2 Å². The van der Waals surface area contributed by atoms with Crippen molar-refractivity contribution in [2.24, 2.45) is 0 Å². The Labute approximate surface area is 170 Å². The van der Waals surface area contributed by atoms with Crippen molar-refractivity contribution in [3.63, 3.8) is 0 Å². The molecule has 0 unspecified atom stereocenters. The summed E-state index contributed by atoms with van der Waals surface area (Å²) in [4.78, 5) is 17.1. The third-order valence-electron chi connectivity index (χ3n) is 5.03. The van der Waals surface area contributed by atoms with Crippen molar-refractivity contribution in [1.82, 2.24) is 4.90 Å². The number of nitrogens with zero attached hydrogens (tertiary/aromatic N) is 2. The lowest BCUT2D eigenvalue weighted by Crippen LogP contribution is -2.46. The number of benzene rings is 1. The maximum absolute atomic E-state index is 12.4. The highest BCUT2D eigenvalue weighted by Crippen LogP contribution is 2.31. The fourth-order valence-corrected chi connectivity index (χ4v) is 7.08. The Morgan fingerprint density at radius 3 is 2.67 bits per heavy atom. The quantitative estimate of drug-likeness (QED) is 0.745. The fourth-order valence-electron chi connectivity index (χ4n) is 3.46. The molecule has 0 radical (unpaired) electrons. The zero-order valence-corrected chi connectivity index (χ0v) is 17.9. The molecule has 6 nitrogen and oxygen atoms in total. The van der Waals surface area contributed by atoms with E-state index in [4.69, 9.17) is 11.6 Å². The SMILES string of the molecule is CCN1CCN(c2ccc(Cl)cc2NC(=O)CS[C@@H]2CCS(=O)(=O)C2)CC1. The lowest BCUT2D eigenvalue weighted by atomic mass is 10.2. The van der Waals surface area contributed by atoms with Crippen molar-refractivity contribution < 1.29 is 13.2 Å². The first-order valence-corrected chi connectivity index (χ1v) is 12.5. The highest BCUT2D eigenvalue weighted by atomic mass is 35.5. The number of nitrogens with one attached hydrogen (secondary N) is 1. The molecule has 0 saturated carbocycles. The number of piperazine rings is 1. The van der Waals surface area contributed by atoms with Gasteiger partial charge in [-0.05, 0) is 31.2 Å². The summed E-state index contributed by atoms with van der Waals surface area (Å²) in [5.41, 5.74) is 1.70. The van der Waals surface area contributed by atoms with Crippen molar-refractivity contribution >= 4 is 50.5 Å². The van der Waals surface area contributed by atoms with Crippen LogP contribution in [0, 0.1) is 0 Å². The van der Waals surface area contributed by atoms with Crippen LogP contribution < -0.4 is 10.2 Å². The second-order valence-corrected chi connectivity index (χ2v) is 10.9. The number of anilines is 2. The Morgan fingerprint density at radius 2 is 2.04 bits per heavy atom. The summed E-state index contributed by atoms with van der Waals surface area (Å²) in [5.74, 6) is 0.527. The standard InChI is InChI=1S/C18H26ClN3O3S2/c1-2-21-6-8-22(9-7-21)17-4-3-14(19)11-16(17)20-18(23)12-26-15-5-10-27(24,25)13-15/h3-4,11,15H,2,5-10,12-13H2,1H3,(H,20,23)/t15-/m1/s1. The molecule has 0 aliphatic carbocycles. The van der Waals surface area contributed by atoms with E-state index in [0.717, 1.165) is 44.1 Å². The van der Waals surface area contributed by atoms with Crippen molar-refractivity contribution in [1.29, 1.82) is 0 Å². The van der Waals surface area contributed by atoms with Crippen molar-refractivity contribution in [3.8, 4) is 0 Å². The van der Waals surface area contributed by atoms with Crippen LogP contribution in [0.4, 0.5) is 11.4 Å². The molecule has 2 fully saturated rings. The van der Waals surface area contributed by atoms with Gasteiger partial charge < -0.3 is 15.1 Å². The van der Waals surface area contributed by atoms with Crippen LogP contribution in [0.25, 0.3) is 0 Å². The molecule has 2 aliphatic rings. The van der Waals surface area contributed by atoms with Gasteiger partial charge in [0.2, 0.25) is 5.91 Å². The van der Waals surface area contributed by atoms with E-state index in [0.29, 0.717) is 11.4 Å². The minimum atomic E-state index is -2.92. The molecule has 1 amide bonds.